The van der Waals surface area contributed by atoms with Gasteiger partial charge in [0.25, 0.3) is 0 Å². The zero-order chi connectivity index (χ0) is 21.4. The molecule has 3 aromatic carbocycles. The first-order valence-electron chi connectivity index (χ1n) is 10.5. The summed E-state index contributed by atoms with van der Waals surface area (Å²) in [7, 11) is 0. The maximum absolute atomic E-state index is 13.1. The molecule has 3 N–H and O–H groups in total. The number of benzene rings is 3. The van der Waals surface area contributed by atoms with Crippen molar-refractivity contribution in [2.45, 2.75) is 25.7 Å². The van der Waals surface area contributed by atoms with Crippen LogP contribution in [0.2, 0.25) is 0 Å². The highest BCUT2D eigenvalue weighted by Crippen LogP contribution is 2.43. The molecule has 4 heteroatoms. The van der Waals surface area contributed by atoms with Crippen LogP contribution >= 0.6 is 0 Å². The second-order valence-electron chi connectivity index (χ2n) is 8.09. The average Bonchev–Trinajstić information content (AvgIpc) is 3.13. The molecule has 1 unspecified atom stereocenters. The van der Waals surface area contributed by atoms with E-state index in [2.05, 4.69) is 17.1 Å². The van der Waals surface area contributed by atoms with Gasteiger partial charge in [-0.15, -0.1) is 0 Å². The molecule has 0 aliphatic heterocycles. The number of fused-ring (bicyclic) bond motifs is 1. The third kappa shape index (κ3) is 3.61. The number of ketones is 1. The summed E-state index contributed by atoms with van der Waals surface area (Å²) in [5.74, 6) is 1.81. The van der Waals surface area contributed by atoms with Crippen molar-refractivity contribution < 1.29 is 9.53 Å². The number of anilines is 1. The Morgan fingerprint density at radius 1 is 0.935 bits per heavy atom. The largest absolute Gasteiger partial charge is 0.457 e. The number of Topliss-reactive ketones (excluding diaryl/α,β-unsaturated/α-hetero) is 1. The number of carbonyl (C=O) groups is 1. The van der Waals surface area contributed by atoms with E-state index in [0.717, 1.165) is 40.2 Å². The minimum Gasteiger partial charge on any atom is -0.457 e. The summed E-state index contributed by atoms with van der Waals surface area (Å²) in [6.07, 6.45) is 1.32. The number of aryl methyl sites for hydroxylation is 1. The Labute approximate surface area is 181 Å². The molecule has 0 saturated heterocycles. The van der Waals surface area contributed by atoms with Gasteiger partial charge in [0.2, 0.25) is 0 Å². The van der Waals surface area contributed by atoms with Gasteiger partial charge >= 0.3 is 0 Å². The van der Waals surface area contributed by atoms with Gasteiger partial charge in [-0.3, -0.25) is 4.79 Å². The quantitative estimate of drug-likeness (QED) is 0.391. The van der Waals surface area contributed by atoms with E-state index >= 15 is 0 Å². The maximum Gasteiger partial charge on any atom is 0.165 e. The highest BCUT2D eigenvalue weighted by molar-refractivity contribution is 6.02. The van der Waals surface area contributed by atoms with Crippen LogP contribution in [0.1, 0.15) is 39.5 Å². The first-order chi connectivity index (χ1) is 15.1. The number of H-pyrrole nitrogens is 1. The first kappa shape index (κ1) is 19.2. The van der Waals surface area contributed by atoms with Crippen LogP contribution in [0, 0.1) is 6.92 Å². The lowest BCUT2D eigenvalue weighted by atomic mass is 9.79. The minimum absolute atomic E-state index is 0.162. The van der Waals surface area contributed by atoms with Crippen LogP contribution in [-0.4, -0.2) is 10.8 Å². The monoisotopic (exact) mass is 408 g/mol. The topological polar surface area (TPSA) is 68.1 Å². The number of nitrogen functional groups attached to an aromatic ring is 1. The molecule has 154 valence electrons. The molecule has 0 fully saturated rings. The average molecular weight is 409 g/mol. The van der Waals surface area contributed by atoms with Crippen molar-refractivity contribution in [3.8, 4) is 22.8 Å². The van der Waals surface area contributed by atoms with Gasteiger partial charge in [0, 0.05) is 28.9 Å². The number of ether oxygens (including phenoxy) is 1. The summed E-state index contributed by atoms with van der Waals surface area (Å²) in [6, 6.07) is 25.6. The maximum atomic E-state index is 13.1. The van der Waals surface area contributed by atoms with Crippen LogP contribution in [0.4, 0.5) is 5.69 Å². The van der Waals surface area contributed by atoms with Crippen LogP contribution in [0.15, 0.2) is 78.9 Å². The molecular formula is C27H24N2O2. The lowest BCUT2D eigenvalue weighted by molar-refractivity contribution is 0.0964. The number of aromatic amines is 1. The number of carbonyl (C=O) groups excluding carboxylic acids is 1. The summed E-state index contributed by atoms with van der Waals surface area (Å²) in [6.45, 7) is 1.97. The van der Waals surface area contributed by atoms with Crippen molar-refractivity contribution >= 4 is 11.5 Å². The zero-order valence-electron chi connectivity index (χ0n) is 17.4. The predicted octanol–water partition coefficient (Wildman–Crippen LogP) is 6.28. The number of aromatic nitrogens is 1. The first-order valence-corrected chi connectivity index (χ1v) is 10.5. The van der Waals surface area contributed by atoms with Crippen LogP contribution in [0.5, 0.6) is 11.5 Å². The van der Waals surface area contributed by atoms with Gasteiger partial charge in [-0.1, -0.05) is 48.5 Å². The van der Waals surface area contributed by atoms with Crippen molar-refractivity contribution in [2.75, 3.05) is 5.73 Å². The fraction of sp³-hybridized carbons (Fsp3) is 0.148. The smallest absolute Gasteiger partial charge is 0.165 e. The van der Waals surface area contributed by atoms with E-state index in [-0.39, 0.29) is 11.7 Å². The van der Waals surface area contributed by atoms with Crippen LogP contribution in [-0.2, 0) is 6.42 Å². The van der Waals surface area contributed by atoms with Crippen molar-refractivity contribution in [3.05, 3.63) is 101 Å². The minimum atomic E-state index is 0.162. The molecule has 0 bridgehead atoms. The molecule has 1 heterocycles. The lowest BCUT2D eigenvalue weighted by Gasteiger charge is -2.23. The summed E-state index contributed by atoms with van der Waals surface area (Å²) in [5, 5.41) is 0. The summed E-state index contributed by atoms with van der Waals surface area (Å²) >= 11 is 0. The molecule has 4 aromatic rings. The SMILES string of the molecule is Cc1[nH]c(-c2cc(N)ccc2Oc2ccccc2)c2c1C(=O)CC(c1ccccc1)C2. The number of nitrogens with two attached hydrogens (primary N) is 1. The molecule has 0 amide bonds. The molecule has 1 aliphatic carbocycles. The van der Waals surface area contributed by atoms with Gasteiger partial charge in [0.1, 0.15) is 11.5 Å². The summed E-state index contributed by atoms with van der Waals surface area (Å²) < 4.78 is 6.20. The third-order valence-electron chi connectivity index (χ3n) is 5.97. The lowest BCUT2D eigenvalue weighted by Crippen LogP contribution is -2.18. The highest BCUT2D eigenvalue weighted by Gasteiger charge is 2.32. The Hall–Kier alpha value is -3.79. The van der Waals surface area contributed by atoms with Crippen LogP contribution in [0.25, 0.3) is 11.3 Å². The van der Waals surface area contributed by atoms with E-state index in [1.54, 1.807) is 0 Å². The molecule has 31 heavy (non-hydrogen) atoms. The van der Waals surface area contributed by atoms with Crippen molar-refractivity contribution in [2.24, 2.45) is 0 Å². The number of rotatable bonds is 4. The second-order valence-corrected chi connectivity index (χ2v) is 8.09. The van der Waals surface area contributed by atoms with Gasteiger partial charge < -0.3 is 15.5 Å². The van der Waals surface area contributed by atoms with Crippen molar-refractivity contribution in [3.63, 3.8) is 0 Å². The Kier molecular flexibility index (Phi) is 4.83. The predicted molar refractivity (Wildman–Crippen MR) is 124 cm³/mol. The molecule has 1 aromatic heterocycles. The van der Waals surface area contributed by atoms with E-state index in [0.29, 0.717) is 17.9 Å². The van der Waals surface area contributed by atoms with E-state index in [1.807, 2.05) is 73.7 Å². The Morgan fingerprint density at radius 2 is 1.65 bits per heavy atom. The van der Waals surface area contributed by atoms with Crippen molar-refractivity contribution in [1.82, 2.24) is 4.98 Å². The van der Waals surface area contributed by atoms with E-state index in [4.69, 9.17) is 10.5 Å². The zero-order valence-corrected chi connectivity index (χ0v) is 17.4. The molecule has 5 rings (SSSR count). The van der Waals surface area contributed by atoms with Gasteiger partial charge in [0.15, 0.2) is 5.78 Å². The highest BCUT2D eigenvalue weighted by atomic mass is 16.5. The van der Waals surface area contributed by atoms with Crippen LogP contribution < -0.4 is 10.5 Å². The molecule has 0 radical (unpaired) electrons. The van der Waals surface area contributed by atoms with Gasteiger partial charge in [-0.25, -0.2) is 0 Å². The molecule has 0 saturated carbocycles. The number of nitrogens with one attached hydrogen (secondary N) is 1. The Bertz CT molecular complexity index is 1240. The second kappa shape index (κ2) is 7.80. The van der Waals surface area contributed by atoms with E-state index < -0.39 is 0 Å². The van der Waals surface area contributed by atoms with Crippen molar-refractivity contribution in [1.29, 1.82) is 0 Å². The number of para-hydroxylation sites is 1. The van der Waals surface area contributed by atoms with Gasteiger partial charge in [-0.2, -0.15) is 0 Å². The van der Waals surface area contributed by atoms with E-state index in [1.165, 1.54) is 5.56 Å². The molecule has 0 spiro atoms. The van der Waals surface area contributed by atoms with Gasteiger partial charge in [-0.05, 0) is 60.7 Å². The van der Waals surface area contributed by atoms with Crippen LogP contribution in [0.3, 0.4) is 0 Å². The fourth-order valence-corrected chi connectivity index (χ4v) is 4.54. The fourth-order valence-electron chi connectivity index (χ4n) is 4.54. The summed E-state index contributed by atoms with van der Waals surface area (Å²) in [5.41, 5.74) is 12.5. The summed E-state index contributed by atoms with van der Waals surface area (Å²) in [4.78, 5) is 16.6. The molecular weight excluding hydrogens is 384 g/mol. The molecule has 1 aliphatic rings. The Morgan fingerprint density at radius 3 is 2.39 bits per heavy atom. The number of hydrogen-bond donors (Lipinski definition) is 2. The van der Waals surface area contributed by atoms with E-state index in [9.17, 15) is 4.79 Å². The normalized spacial score (nSPS) is 15.5. The molecule has 1 atom stereocenters. The third-order valence-corrected chi connectivity index (χ3v) is 5.97. The Balaban J connectivity index is 1.61. The standard InChI is InChI=1S/C27H24N2O2/c1-17-26-23(14-19(15-24(26)30)18-8-4-2-5-9-18)27(29-17)22-16-20(28)12-13-25(22)31-21-10-6-3-7-11-21/h2-13,16,19,29H,14-15,28H2,1H3. The molecule has 4 nitrogen and oxygen atoms in total. The number of hydrogen-bond acceptors (Lipinski definition) is 3. The van der Waals surface area contributed by atoms with Gasteiger partial charge in [0.05, 0.1) is 5.69 Å².